The van der Waals surface area contributed by atoms with Crippen molar-refractivity contribution in [3.8, 4) is 0 Å². The second-order valence-electron chi connectivity index (χ2n) is 1.84. The Kier molecular flexibility index (Phi) is 4.33. The average Bonchev–Trinajstić information content (AvgIpc) is 1.87. The molecule has 0 radical (unpaired) electrons. The molecule has 0 aromatic carbocycles. The lowest BCUT2D eigenvalue weighted by atomic mass is 10.8. The average molecular weight is 182 g/mol. The largest absolute Gasteiger partial charge is 0.438 e. The lowest BCUT2D eigenvalue weighted by Crippen LogP contribution is -2.03. The topological polar surface area (TPSA) is 61.8 Å². The summed E-state index contributed by atoms with van der Waals surface area (Å²) in [6.45, 7) is 2.18. The third-order valence-electron chi connectivity index (χ3n) is 0.881. The number of hydrogen-bond acceptors (Lipinski definition) is 5. The van der Waals surface area contributed by atoms with E-state index < -0.39 is 13.6 Å². The van der Waals surface area contributed by atoms with Gasteiger partial charge in [-0.05, 0) is 0 Å². The molecule has 6 heteroatoms. The highest BCUT2D eigenvalue weighted by Gasteiger charge is 2.14. The Balaban J connectivity index is 3.54. The summed E-state index contributed by atoms with van der Waals surface area (Å²) in [7, 11) is -1.75. The Hall–Kier alpha value is -0.380. The summed E-state index contributed by atoms with van der Waals surface area (Å²) in [6.07, 6.45) is 0. The summed E-state index contributed by atoms with van der Waals surface area (Å²) in [4.78, 5) is 10.2. The van der Waals surface area contributed by atoms with Gasteiger partial charge in [-0.3, -0.25) is 13.9 Å². The fourth-order valence-corrected chi connectivity index (χ4v) is 0.607. The Morgan fingerprint density at radius 1 is 1.55 bits per heavy atom. The van der Waals surface area contributed by atoms with Crippen LogP contribution in [0.15, 0.2) is 0 Å². The molecule has 0 aliphatic heterocycles. The van der Waals surface area contributed by atoms with E-state index in [9.17, 15) is 9.36 Å². The Labute approximate surface area is 65.2 Å². The van der Waals surface area contributed by atoms with Crippen LogP contribution >= 0.6 is 7.60 Å². The van der Waals surface area contributed by atoms with Gasteiger partial charge in [0.2, 0.25) is 6.79 Å². The molecule has 1 unspecified atom stereocenters. The van der Waals surface area contributed by atoms with Crippen LogP contribution in [0.2, 0.25) is 0 Å². The molecular weight excluding hydrogens is 171 g/mol. The van der Waals surface area contributed by atoms with Crippen molar-refractivity contribution in [3.05, 3.63) is 0 Å². The molecular formula is C5H11O5P. The quantitative estimate of drug-likeness (QED) is 0.368. The molecule has 0 bridgehead atoms. The molecule has 0 saturated carbocycles. The van der Waals surface area contributed by atoms with Crippen LogP contribution in [0.1, 0.15) is 6.92 Å². The van der Waals surface area contributed by atoms with Gasteiger partial charge >= 0.3 is 13.6 Å². The highest BCUT2D eigenvalue weighted by molar-refractivity contribution is 7.52. The Morgan fingerprint density at radius 3 is 2.45 bits per heavy atom. The maximum atomic E-state index is 10.9. The standard InChI is InChI=1S/C5H11O5P/c1-5(6)9-4-10-11(3,7)8-2/h4H2,1-3H3. The van der Waals surface area contributed by atoms with Gasteiger partial charge in [0.15, 0.2) is 0 Å². The molecule has 0 spiro atoms. The molecule has 1 atom stereocenters. The van der Waals surface area contributed by atoms with Crippen molar-refractivity contribution in [2.24, 2.45) is 0 Å². The van der Waals surface area contributed by atoms with E-state index >= 15 is 0 Å². The fraction of sp³-hybridized carbons (Fsp3) is 0.800. The van der Waals surface area contributed by atoms with Gasteiger partial charge in [0.25, 0.3) is 0 Å². The lowest BCUT2D eigenvalue weighted by Gasteiger charge is -2.09. The van der Waals surface area contributed by atoms with Crippen LogP contribution in [-0.2, 0) is 23.1 Å². The van der Waals surface area contributed by atoms with E-state index in [2.05, 4.69) is 13.8 Å². The summed E-state index contributed by atoms with van der Waals surface area (Å²) in [5.41, 5.74) is 0. The molecule has 11 heavy (non-hydrogen) atoms. The van der Waals surface area contributed by atoms with Crippen molar-refractivity contribution in [3.63, 3.8) is 0 Å². The number of ether oxygens (including phenoxy) is 1. The minimum atomic E-state index is -3.01. The smallest absolute Gasteiger partial charge is 0.330 e. The van der Waals surface area contributed by atoms with Gasteiger partial charge in [0, 0.05) is 20.7 Å². The van der Waals surface area contributed by atoms with Crippen LogP contribution in [0, 0.1) is 0 Å². The number of carbonyl (C=O) groups is 1. The van der Waals surface area contributed by atoms with Crippen molar-refractivity contribution in [2.45, 2.75) is 6.92 Å². The van der Waals surface area contributed by atoms with Crippen molar-refractivity contribution < 1.29 is 23.1 Å². The van der Waals surface area contributed by atoms with Crippen molar-refractivity contribution in [1.82, 2.24) is 0 Å². The van der Waals surface area contributed by atoms with Crippen LogP contribution in [0.25, 0.3) is 0 Å². The number of rotatable bonds is 4. The minimum absolute atomic E-state index is 0.336. The zero-order chi connectivity index (χ0) is 8.91. The highest BCUT2D eigenvalue weighted by atomic mass is 31.2. The molecule has 0 amide bonds. The van der Waals surface area contributed by atoms with Crippen LogP contribution < -0.4 is 0 Å². The molecule has 0 fully saturated rings. The summed E-state index contributed by atoms with van der Waals surface area (Å²) in [5.74, 6) is -0.485. The van der Waals surface area contributed by atoms with Gasteiger partial charge in [-0.1, -0.05) is 0 Å². The predicted molar refractivity (Wildman–Crippen MR) is 38.3 cm³/mol. The summed E-state index contributed by atoms with van der Waals surface area (Å²) in [6, 6.07) is 0. The first-order chi connectivity index (χ1) is 4.98. The Bertz CT molecular complexity index is 178. The third kappa shape index (κ3) is 6.04. The highest BCUT2D eigenvalue weighted by Crippen LogP contribution is 2.42. The van der Waals surface area contributed by atoms with E-state index in [0.717, 1.165) is 0 Å². The van der Waals surface area contributed by atoms with E-state index in [0.29, 0.717) is 0 Å². The van der Waals surface area contributed by atoms with E-state index in [-0.39, 0.29) is 6.79 Å². The minimum Gasteiger partial charge on any atom is -0.438 e. The molecule has 0 aromatic rings. The maximum Gasteiger partial charge on any atom is 0.330 e. The summed E-state index contributed by atoms with van der Waals surface area (Å²) >= 11 is 0. The van der Waals surface area contributed by atoms with E-state index in [1.54, 1.807) is 0 Å². The SMILES string of the molecule is COP(C)(=O)OCOC(C)=O. The van der Waals surface area contributed by atoms with Crippen molar-refractivity contribution in [2.75, 3.05) is 20.6 Å². The molecule has 0 N–H and O–H groups in total. The molecule has 0 aromatic heterocycles. The van der Waals surface area contributed by atoms with Crippen molar-refractivity contribution >= 4 is 13.6 Å². The monoisotopic (exact) mass is 182 g/mol. The van der Waals surface area contributed by atoms with Gasteiger partial charge in [0.05, 0.1) is 0 Å². The molecule has 0 aliphatic rings. The zero-order valence-corrected chi connectivity index (χ0v) is 7.59. The van der Waals surface area contributed by atoms with Gasteiger partial charge in [-0.2, -0.15) is 0 Å². The van der Waals surface area contributed by atoms with Crippen molar-refractivity contribution in [1.29, 1.82) is 0 Å². The third-order valence-corrected chi connectivity index (χ3v) is 2.12. The van der Waals surface area contributed by atoms with Crippen LogP contribution in [0.4, 0.5) is 0 Å². The van der Waals surface area contributed by atoms with Gasteiger partial charge in [-0.25, -0.2) is 0 Å². The van der Waals surface area contributed by atoms with Crippen LogP contribution in [0.5, 0.6) is 0 Å². The van der Waals surface area contributed by atoms with Gasteiger partial charge in [0.1, 0.15) is 0 Å². The van der Waals surface area contributed by atoms with E-state index in [1.807, 2.05) is 0 Å². The van der Waals surface area contributed by atoms with Gasteiger partial charge in [-0.15, -0.1) is 0 Å². The van der Waals surface area contributed by atoms with E-state index in [1.165, 1.54) is 20.7 Å². The second kappa shape index (κ2) is 4.49. The fourth-order valence-electron chi connectivity index (χ4n) is 0.258. The zero-order valence-electron chi connectivity index (χ0n) is 6.70. The summed E-state index contributed by atoms with van der Waals surface area (Å²) in [5, 5.41) is 0. The molecule has 0 rings (SSSR count). The molecule has 66 valence electrons. The second-order valence-corrected chi connectivity index (χ2v) is 4.00. The normalized spacial score (nSPS) is 15.5. The summed E-state index contributed by atoms with van der Waals surface area (Å²) < 4.78 is 24.3. The molecule has 0 saturated heterocycles. The van der Waals surface area contributed by atoms with Crippen LogP contribution in [0.3, 0.4) is 0 Å². The van der Waals surface area contributed by atoms with E-state index in [4.69, 9.17) is 0 Å². The first-order valence-electron chi connectivity index (χ1n) is 2.89. The first kappa shape index (κ1) is 10.6. The molecule has 0 heterocycles. The Morgan fingerprint density at radius 2 is 2.09 bits per heavy atom. The maximum absolute atomic E-state index is 10.9. The molecule has 0 aliphatic carbocycles. The lowest BCUT2D eigenvalue weighted by molar-refractivity contribution is -0.147. The number of esters is 1. The van der Waals surface area contributed by atoms with Crippen LogP contribution in [-0.4, -0.2) is 26.5 Å². The number of carbonyl (C=O) groups excluding carboxylic acids is 1. The first-order valence-corrected chi connectivity index (χ1v) is 4.88. The molecule has 5 nitrogen and oxygen atoms in total. The van der Waals surface area contributed by atoms with Gasteiger partial charge < -0.3 is 9.26 Å². The predicted octanol–water partition coefficient (Wildman–Crippen LogP) is 0.993. The number of hydrogen-bond donors (Lipinski definition) is 0.